The Hall–Kier alpha value is -3.32. The highest BCUT2D eigenvalue weighted by Crippen LogP contribution is 2.56. The molecule has 0 saturated heterocycles. The van der Waals surface area contributed by atoms with E-state index < -0.39 is 10.6 Å². The molecule has 0 spiro atoms. The van der Waals surface area contributed by atoms with Crippen molar-refractivity contribution in [2.75, 3.05) is 5.32 Å². The van der Waals surface area contributed by atoms with E-state index in [1.54, 1.807) is 48.5 Å². The van der Waals surface area contributed by atoms with Crippen molar-refractivity contribution in [2.45, 2.75) is 4.90 Å². The van der Waals surface area contributed by atoms with Gasteiger partial charge in [0.25, 0.3) is 5.91 Å². The molecule has 1 aliphatic heterocycles. The maximum Gasteiger partial charge on any atom is 0.255 e. The first-order chi connectivity index (χ1) is 13.9. The largest absolute Gasteiger partial charge is 0.457 e. The van der Waals surface area contributed by atoms with Crippen LogP contribution in [0.15, 0.2) is 89.7 Å². The van der Waals surface area contributed by atoms with Crippen molar-refractivity contribution in [2.24, 2.45) is 0 Å². The lowest BCUT2D eigenvalue weighted by atomic mass is 10.1. The molecule has 3 aromatic carbocycles. The van der Waals surface area contributed by atoms with Gasteiger partial charge in [0.2, 0.25) is 0 Å². The second-order valence-corrected chi connectivity index (χ2v) is 8.42. The second kappa shape index (κ2) is 7.60. The summed E-state index contributed by atoms with van der Waals surface area (Å²) in [6.07, 6.45) is 1.66. The summed E-state index contributed by atoms with van der Waals surface area (Å²) in [7, 11) is -2.94. The number of rotatable bonds is 5. The number of carbonyl (C=O) groups is 1. The summed E-state index contributed by atoms with van der Waals surface area (Å²) in [5, 5.41) is 4.13. The zero-order chi connectivity index (χ0) is 20.4. The Morgan fingerprint density at radius 2 is 1.62 bits per heavy atom. The van der Waals surface area contributed by atoms with Gasteiger partial charge in [0.15, 0.2) is 0 Å². The van der Waals surface area contributed by atoms with Gasteiger partial charge in [-0.3, -0.25) is 13.9 Å². The lowest BCUT2D eigenvalue weighted by Crippen LogP contribution is -2.13. The number of benzene rings is 3. The fourth-order valence-electron chi connectivity index (χ4n) is 2.94. The first-order valence-corrected chi connectivity index (χ1v) is 10.5. The van der Waals surface area contributed by atoms with Crippen molar-refractivity contribution >= 4 is 33.8 Å². The Morgan fingerprint density at radius 3 is 2.34 bits per heavy atom. The Labute approximate surface area is 170 Å². The highest BCUT2D eigenvalue weighted by Gasteiger charge is 2.22. The minimum atomic E-state index is -2.94. The van der Waals surface area contributed by atoms with Crippen LogP contribution in [0.4, 0.5) is 5.69 Å². The normalized spacial score (nSPS) is 14.7. The van der Waals surface area contributed by atoms with Crippen LogP contribution in [0.2, 0.25) is 0 Å². The number of hydrogen-bond donors (Lipinski definition) is 3. The van der Waals surface area contributed by atoms with Crippen molar-refractivity contribution in [1.29, 1.82) is 0 Å². The first-order valence-electron chi connectivity index (χ1n) is 8.86. The van der Waals surface area contributed by atoms with Crippen molar-refractivity contribution < 1.29 is 18.6 Å². The van der Waals surface area contributed by atoms with E-state index in [2.05, 4.69) is 11.9 Å². The molecule has 0 aliphatic carbocycles. The summed E-state index contributed by atoms with van der Waals surface area (Å²) in [6, 6.07) is 21.5. The average Bonchev–Trinajstić information content (AvgIpc) is 3.03. The Kier molecular flexibility index (Phi) is 4.98. The molecule has 0 bridgehead atoms. The summed E-state index contributed by atoms with van der Waals surface area (Å²) in [4.78, 5) is 13.0. The Morgan fingerprint density at radius 1 is 0.931 bits per heavy atom. The highest BCUT2D eigenvalue weighted by molar-refractivity contribution is 8.27. The number of anilines is 1. The lowest BCUT2D eigenvalue weighted by molar-refractivity contribution is -0.111. The molecule has 0 radical (unpaired) electrons. The van der Waals surface area contributed by atoms with Crippen LogP contribution >= 0.6 is 10.6 Å². The molecular weight excluding hydrogens is 386 g/mol. The van der Waals surface area contributed by atoms with Gasteiger partial charge in [-0.05, 0) is 53.6 Å². The van der Waals surface area contributed by atoms with Crippen molar-refractivity contribution in [3.8, 4) is 11.5 Å². The van der Waals surface area contributed by atoms with Crippen LogP contribution in [0.3, 0.4) is 0 Å². The van der Waals surface area contributed by atoms with Crippen molar-refractivity contribution in [1.82, 2.24) is 0 Å². The fourth-order valence-corrected chi connectivity index (χ4v) is 4.20. The highest BCUT2D eigenvalue weighted by atomic mass is 32.3. The summed E-state index contributed by atoms with van der Waals surface area (Å²) < 4.78 is 25.8. The standard InChI is InChI=1S/C23H19NO4S/c1-16(17-8-11-21(12-9-17)28-20-5-3-2-4-6-20)23(25)24-19-10-7-18-13-14-29(26,27)22(18)15-19/h2-15,26-27H,1H2,(H,24,25). The molecule has 1 heterocycles. The van der Waals surface area contributed by atoms with Gasteiger partial charge in [0, 0.05) is 16.7 Å². The lowest BCUT2D eigenvalue weighted by Gasteiger charge is -2.25. The van der Waals surface area contributed by atoms with E-state index in [1.165, 1.54) is 5.41 Å². The molecule has 1 amide bonds. The molecule has 29 heavy (non-hydrogen) atoms. The van der Waals surface area contributed by atoms with E-state index in [4.69, 9.17) is 4.74 Å². The Bertz CT molecular complexity index is 1110. The molecule has 0 fully saturated rings. The first kappa shape index (κ1) is 19.0. The maximum absolute atomic E-state index is 12.6. The van der Waals surface area contributed by atoms with Gasteiger partial charge in [0.1, 0.15) is 11.5 Å². The molecule has 0 atom stereocenters. The molecule has 0 aromatic heterocycles. The zero-order valence-corrected chi connectivity index (χ0v) is 16.2. The van der Waals surface area contributed by atoms with Crippen molar-refractivity contribution in [3.63, 3.8) is 0 Å². The molecule has 3 aromatic rings. The van der Waals surface area contributed by atoms with E-state index in [-0.39, 0.29) is 5.91 Å². The molecule has 1 aliphatic rings. The van der Waals surface area contributed by atoms with Gasteiger partial charge in [-0.15, -0.1) is 10.6 Å². The number of fused-ring (bicyclic) bond motifs is 1. The van der Waals surface area contributed by atoms with Gasteiger partial charge in [-0.2, -0.15) is 0 Å². The quantitative estimate of drug-likeness (QED) is 0.440. The molecule has 0 unspecified atom stereocenters. The average molecular weight is 405 g/mol. The topological polar surface area (TPSA) is 78.8 Å². The SMILES string of the molecule is C=C(C(=O)Nc1ccc2c(c1)S(O)(O)C=C2)c1ccc(Oc2ccccc2)cc1. The number of para-hydroxylation sites is 1. The van der Waals surface area contributed by atoms with Crippen LogP contribution in [-0.4, -0.2) is 15.0 Å². The number of amides is 1. The van der Waals surface area contributed by atoms with E-state index in [1.807, 2.05) is 30.3 Å². The van der Waals surface area contributed by atoms with Gasteiger partial charge < -0.3 is 10.1 Å². The van der Waals surface area contributed by atoms with Crippen LogP contribution in [0.1, 0.15) is 11.1 Å². The summed E-state index contributed by atoms with van der Waals surface area (Å²) >= 11 is 0. The minimum Gasteiger partial charge on any atom is -0.457 e. The van der Waals surface area contributed by atoms with Gasteiger partial charge in [-0.1, -0.05) is 43.0 Å². The van der Waals surface area contributed by atoms with Gasteiger partial charge in [0.05, 0.1) is 4.90 Å². The molecule has 146 valence electrons. The van der Waals surface area contributed by atoms with E-state index in [9.17, 15) is 13.9 Å². The van der Waals surface area contributed by atoms with Crippen LogP contribution in [-0.2, 0) is 4.79 Å². The van der Waals surface area contributed by atoms with Crippen LogP contribution in [0.25, 0.3) is 11.6 Å². The fraction of sp³-hybridized carbons (Fsp3) is 0. The number of carbonyl (C=O) groups excluding carboxylic acids is 1. The third-order valence-electron chi connectivity index (χ3n) is 4.49. The van der Waals surface area contributed by atoms with E-state index in [0.717, 1.165) is 11.3 Å². The molecule has 3 N–H and O–H groups in total. The summed E-state index contributed by atoms with van der Waals surface area (Å²) in [5.74, 6) is 1.02. The molecular formula is C23H19NO4S. The van der Waals surface area contributed by atoms with E-state index in [0.29, 0.717) is 27.5 Å². The summed E-state index contributed by atoms with van der Waals surface area (Å²) in [6.45, 7) is 3.88. The van der Waals surface area contributed by atoms with Crippen molar-refractivity contribution in [3.05, 3.63) is 95.9 Å². The third-order valence-corrected chi connectivity index (χ3v) is 6.00. The maximum atomic E-state index is 12.6. The minimum absolute atomic E-state index is 0.293. The predicted octanol–water partition coefficient (Wildman–Crippen LogP) is 6.22. The molecule has 5 nitrogen and oxygen atoms in total. The Balaban J connectivity index is 1.44. The molecule has 0 saturated carbocycles. The van der Waals surface area contributed by atoms with Crippen LogP contribution in [0.5, 0.6) is 11.5 Å². The zero-order valence-electron chi connectivity index (χ0n) is 15.4. The van der Waals surface area contributed by atoms with Crippen LogP contribution in [0, 0.1) is 0 Å². The predicted molar refractivity (Wildman–Crippen MR) is 117 cm³/mol. The number of nitrogens with one attached hydrogen (secondary N) is 1. The van der Waals surface area contributed by atoms with Gasteiger partial charge >= 0.3 is 0 Å². The second-order valence-electron chi connectivity index (χ2n) is 6.52. The molecule has 6 heteroatoms. The van der Waals surface area contributed by atoms with E-state index >= 15 is 0 Å². The number of hydrogen-bond acceptors (Lipinski definition) is 4. The number of ether oxygens (including phenoxy) is 1. The summed E-state index contributed by atoms with van der Waals surface area (Å²) in [5.41, 5.74) is 2.16. The monoisotopic (exact) mass is 405 g/mol. The third kappa shape index (κ3) is 4.09. The van der Waals surface area contributed by atoms with Crippen LogP contribution < -0.4 is 10.1 Å². The van der Waals surface area contributed by atoms with Gasteiger partial charge in [-0.25, -0.2) is 0 Å². The molecule has 4 rings (SSSR count). The smallest absolute Gasteiger partial charge is 0.255 e.